The van der Waals surface area contributed by atoms with E-state index >= 15 is 0 Å². The molecule has 2 atom stereocenters. The maximum Gasteiger partial charge on any atom is 0.251 e. The summed E-state index contributed by atoms with van der Waals surface area (Å²) in [5.41, 5.74) is 1.58. The Bertz CT molecular complexity index is 698. The number of amides is 2. The Hall–Kier alpha value is -2.70. The first kappa shape index (κ1) is 15.2. The van der Waals surface area contributed by atoms with Crippen molar-refractivity contribution in [2.24, 2.45) is 0 Å². The van der Waals surface area contributed by atoms with Crippen LogP contribution in [0, 0.1) is 0 Å². The number of aromatic nitrogens is 3. The van der Waals surface area contributed by atoms with Crippen LogP contribution in [0.3, 0.4) is 0 Å². The van der Waals surface area contributed by atoms with Crippen LogP contribution in [0.4, 0.5) is 0 Å². The van der Waals surface area contributed by atoms with Crippen molar-refractivity contribution in [3.05, 3.63) is 47.8 Å². The van der Waals surface area contributed by atoms with E-state index in [9.17, 15) is 9.59 Å². The van der Waals surface area contributed by atoms with Crippen molar-refractivity contribution in [2.75, 3.05) is 0 Å². The van der Waals surface area contributed by atoms with Gasteiger partial charge < -0.3 is 10.6 Å². The Labute approximate surface area is 134 Å². The first-order valence-electron chi connectivity index (χ1n) is 7.65. The van der Waals surface area contributed by atoms with Gasteiger partial charge in [-0.1, -0.05) is 17.3 Å². The van der Waals surface area contributed by atoms with Gasteiger partial charge in [-0.25, -0.2) is 4.68 Å². The molecule has 0 saturated carbocycles. The van der Waals surface area contributed by atoms with Crippen LogP contribution in [0.1, 0.15) is 35.7 Å². The van der Waals surface area contributed by atoms with Gasteiger partial charge in [0.25, 0.3) is 5.91 Å². The molecule has 1 aliphatic rings. The molecule has 23 heavy (non-hydrogen) atoms. The van der Waals surface area contributed by atoms with Crippen LogP contribution in [0.25, 0.3) is 0 Å². The molecule has 3 rings (SSSR count). The maximum atomic E-state index is 12.4. The van der Waals surface area contributed by atoms with Gasteiger partial charge in [-0.15, -0.1) is 5.10 Å². The molecule has 7 heteroatoms. The third kappa shape index (κ3) is 3.74. The minimum Gasteiger partial charge on any atom is -0.352 e. The molecular formula is C16H19N5O2. The largest absolute Gasteiger partial charge is 0.352 e. The highest BCUT2D eigenvalue weighted by Gasteiger charge is 2.26. The van der Waals surface area contributed by atoms with Crippen molar-refractivity contribution in [3.63, 3.8) is 0 Å². The highest BCUT2D eigenvalue weighted by molar-refractivity contribution is 5.94. The number of carbonyl (C=O) groups is 2. The third-order valence-electron chi connectivity index (χ3n) is 4.00. The maximum absolute atomic E-state index is 12.4. The van der Waals surface area contributed by atoms with Crippen molar-refractivity contribution < 1.29 is 9.59 Å². The molecule has 0 spiro atoms. The fraction of sp³-hybridized carbons (Fsp3) is 0.375. The molecule has 1 saturated heterocycles. The summed E-state index contributed by atoms with van der Waals surface area (Å²) in [5, 5.41) is 13.5. The summed E-state index contributed by atoms with van der Waals surface area (Å²) in [6.07, 6.45) is 4.51. The van der Waals surface area contributed by atoms with Gasteiger partial charge in [0.15, 0.2) is 0 Å². The van der Waals surface area contributed by atoms with E-state index in [-0.39, 0.29) is 23.9 Å². The molecule has 1 aromatic carbocycles. The lowest BCUT2D eigenvalue weighted by Gasteiger charge is -2.30. The Balaban J connectivity index is 1.66. The van der Waals surface area contributed by atoms with Crippen LogP contribution in [0.5, 0.6) is 0 Å². The van der Waals surface area contributed by atoms with Crippen LogP contribution >= 0.6 is 0 Å². The zero-order valence-electron chi connectivity index (χ0n) is 12.9. The summed E-state index contributed by atoms with van der Waals surface area (Å²) >= 11 is 0. The first-order valence-corrected chi connectivity index (χ1v) is 7.65. The van der Waals surface area contributed by atoms with Gasteiger partial charge in [-0.2, -0.15) is 0 Å². The second kappa shape index (κ2) is 6.60. The van der Waals surface area contributed by atoms with Crippen molar-refractivity contribution in [2.45, 2.75) is 38.4 Å². The average molecular weight is 313 g/mol. The number of nitrogens with zero attached hydrogens (tertiary/aromatic N) is 3. The highest BCUT2D eigenvalue weighted by atomic mass is 16.2. The summed E-state index contributed by atoms with van der Waals surface area (Å²) in [4.78, 5) is 23.8. The van der Waals surface area contributed by atoms with Crippen molar-refractivity contribution >= 4 is 11.8 Å². The molecule has 1 aliphatic heterocycles. The van der Waals surface area contributed by atoms with E-state index in [1.807, 2.05) is 25.1 Å². The number of carbonyl (C=O) groups excluding carboxylic acids is 2. The molecule has 0 aliphatic carbocycles. The van der Waals surface area contributed by atoms with E-state index in [4.69, 9.17) is 0 Å². The van der Waals surface area contributed by atoms with E-state index in [0.29, 0.717) is 24.9 Å². The number of rotatable bonds is 4. The second-order valence-electron chi connectivity index (χ2n) is 5.78. The van der Waals surface area contributed by atoms with E-state index in [1.54, 1.807) is 23.1 Å². The van der Waals surface area contributed by atoms with Crippen molar-refractivity contribution in [3.8, 4) is 0 Å². The van der Waals surface area contributed by atoms with Gasteiger partial charge in [0.05, 0.1) is 12.7 Å². The SMILES string of the molecule is CC1NC(=O)CCC1NC(=O)c1cccc(Cn2ccnn2)c1. The van der Waals surface area contributed by atoms with Crippen LogP contribution in [0.2, 0.25) is 0 Å². The van der Waals surface area contributed by atoms with Gasteiger partial charge in [0, 0.05) is 30.3 Å². The normalized spacial score (nSPS) is 20.8. The zero-order chi connectivity index (χ0) is 16.2. The number of hydrogen-bond donors (Lipinski definition) is 2. The van der Waals surface area contributed by atoms with Gasteiger partial charge in [0.2, 0.25) is 5.91 Å². The van der Waals surface area contributed by atoms with Gasteiger partial charge in [0.1, 0.15) is 0 Å². The second-order valence-corrected chi connectivity index (χ2v) is 5.78. The van der Waals surface area contributed by atoms with E-state index < -0.39 is 0 Å². The fourth-order valence-corrected chi connectivity index (χ4v) is 2.73. The van der Waals surface area contributed by atoms with Gasteiger partial charge in [-0.3, -0.25) is 9.59 Å². The molecule has 2 heterocycles. The molecule has 1 aromatic heterocycles. The topological polar surface area (TPSA) is 88.9 Å². The highest BCUT2D eigenvalue weighted by Crippen LogP contribution is 2.12. The van der Waals surface area contributed by atoms with E-state index in [1.165, 1.54) is 0 Å². The van der Waals surface area contributed by atoms with Crippen molar-refractivity contribution in [1.29, 1.82) is 0 Å². The number of benzene rings is 1. The van der Waals surface area contributed by atoms with Gasteiger partial charge in [-0.05, 0) is 31.0 Å². The molecule has 2 aromatic rings. The van der Waals surface area contributed by atoms with Crippen LogP contribution in [-0.4, -0.2) is 38.9 Å². The summed E-state index contributed by atoms with van der Waals surface area (Å²) in [5.74, 6) is -0.0868. The molecule has 2 N–H and O–H groups in total. The lowest BCUT2D eigenvalue weighted by Crippen LogP contribution is -2.53. The molecule has 1 fully saturated rings. The summed E-state index contributed by atoms with van der Waals surface area (Å²) in [6.45, 7) is 2.47. The molecular weight excluding hydrogens is 294 g/mol. The van der Waals surface area contributed by atoms with Crippen LogP contribution in [-0.2, 0) is 11.3 Å². The number of hydrogen-bond acceptors (Lipinski definition) is 4. The molecule has 0 bridgehead atoms. The van der Waals surface area contributed by atoms with Crippen LogP contribution < -0.4 is 10.6 Å². The third-order valence-corrected chi connectivity index (χ3v) is 4.00. The predicted molar refractivity (Wildman–Crippen MR) is 83.7 cm³/mol. The zero-order valence-corrected chi connectivity index (χ0v) is 12.9. The summed E-state index contributed by atoms with van der Waals surface area (Å²) < 4.78 is 1.70. The molecule has 0 radical (unpaired) electrons. The minimum atomic E-state index is -0.126. The molecule has 120 valence electrons. The smallest absolute Gasteiger partial charge is 0.251 e. The Kier molecular flexibility index (Phi) is 4.36. The van der Waals surface area contributed by atoms with Crippen LogP contribution in [0.15, 0.2) is 36.7 Å². The predicted octanol–water partition coefficient (Wildman–Crippen LogP) is 0.723. The molecule has 2 amide bonds. The van der Waals surface area contributed by atoms with Gasteiger partial charge >= 0.3 is 0 Å². The summed E-state index contributed by atoms with van der Waals surface area (Å²) in [6, 6.07) is 7.34. The lowest BCUT2D eigenvalue weighted by atomic mass is 9.98. The average Bonchev–Trinajstić information content (AvgIpc) is 3.03. The monoisotopic (exact) mass is 313 g/mol. The minimum absolute atomic E-state index is 0.0397. The Morgan fingerprint density at radius 3 is 3.09 bits per heavy atom. The standard InChI is InChI=1S/C16H19N5O2/c1-11-14(5-6-15(22)18-11)19-16(23)13-4-2-3-12(9-13)10-21-8-7-17-20-21/h2-4,7-9,11,14H,5-6,10H2,1H3,(H,18,22)(H,19,23). The summed E-state index contributed by atoms with van der Waals surface area (Å²) in [7, 11) is 0. The molecule has 2 unspecified atom stereocenters. The molecule has 7 nitrogen and oxygen atoms in total. The Morgan fingerprint density at radius 1 is 1.48 bits per heavy atom. The quantitative estimate of drug-likeness (QED) is 0.870. The lowest BCUT2D eigenvalue weighted by molar-refractivity contribution is -0.123. The fourth-order valence-electron chi connectivity index (χ4n) is 2.73. The van der Waals surface area contributed by atoms with E-state index in [2.05, 4.69) is 20.9 Å². The Morgan fingerprint density at radius 2 is 2.35 bits per heavy atom. The number of piperidine rings is 1. The first-order chi connectivity index (χ1) is 11.1. The number of nitrogens with one attached hydrogen (secondary N) is 2. The van der Waals surface area contributed by atoms with E-state index in [0.717, 1.165) is 5.56 Å². The van der Waals surface area contributed by atoms with Crippen molar-refractivity contribution in [1.82, 2.24) is 25.6 Å².